The molecule has 2 rings (SSSR count). The van der Waals surface area contributed by atoms with E-state index in [1.807, 2.05) is 0 Å². The van der Waals surface area contributed by atoms with Gasteiger partial charge in [0, 0.05) is 15.3 Å². The van der Waals surface area contributed by atoms with Gasteiger partial charge in [0.1, 0.15) is 0 Å². The Morgan fingerprint density at radius 1 is 0.905 bits per heavy atom. The van der Waals surface area contributed by atoms with Gasteiger partial charge in [0.2, 0.25) is 0 Å². The molecule has 1 aromatic heterocycles. The highest BCUT2D eigenvalue weighted by atomic mass is 127. The summed E-state index contributed by atoms with van der Waals surface area (Å²) >= 11 is 1.54. The fourth-order valence-electron chi connectivity index (χ4n) is 1.73. The Morgan fingerprint density at radius 2 is 1.52 bits per heavy atom. The summed E-state index contributed by atoms with van der Waals surface area (Å²) < 4.78 is 76.4. The van der Waals surface area contributed by atoms with Crippen LogP contribution in [0.25, 0.3) is 11.3 Å². The molecule has 0 unspecified atom stereocenters. The first-order valence-corrected chi connectivity index (χ1v) is 6.58. The highest BCUT2D eigenvalue weighted by Crippen LogP contribution is 2.38. The molecule has 1 aromatic carbocycles. The van der Waals surface area contributed by atoms with Crippen LogP contribution in [-0.4, -0.2) is 4.98 Å². The van der Waals surface area contributed by atoms with Gasteiger partial charge >= 0.3 is 12.4 Å². The molecular formula is C13H6F6IN. The van der Waals surface area contributed by atoms with Crippen LogP contribution in [0.3, 0.4) is 0 Å². The molecule has 1 nitrogen and oxygen atoms in total. The van der Waals surface area contributed by atoms with E-state index in [1.54, 1.807) is 22.6 Å². The van der Waals surface area contributed by atoms with Crippen LogP contribution in [0.2, 0.25) is 0 Å². The maximum atomic E-state index is 12.9. The van der Waals surface area contributed by atoms with Crippen LogP contribution in [0, 0.1) is 3.57 Å². The van der Waals surface area contributed by atoms with Crippen LogP contribution in [-0.2, 0) is 12.4 Å². The minimum atomic E-state index is -4.61. The van der Waals surface area contributed by atoms with E-state index in [2.05, 4.69) is 4.98 Å². The van der Waals surface area contributed by atoms with Crippen molar-refractivity contribution in [2.24, 2.45) is 0 Å². The molecule has 112 valence electrons. The predicted molar refractivity (Wildman–Crippen MR) is 72.4 cm³/mol. The van der Waals surface area contributed by atoms with Crippen LogP contribution in [0.5, 0.6) is 0 Å². The number of hydrogen-bond acceptors (Lipinski definition) is 1. The van der Waals surface area contributed by atoms with Crippen LogP contribution >= 0.6 is 22.6 Å². The Bertz CT molecular complexity index is 662. The van der Waals surface area contributed by atoms with E-state index in [0.29, 0.717) is 6.20 Å². The second-order valence-electron chi connectivity index (χ2n) is 4.10. The molecule has 0 fully saturated rings. The lowest BCUT2D eigenvalue weighted by Crippen LogP contribution is -2.09. The van der Waals surface area contributed by atoms with E-state index in [9.17, 15) is 26.3 Å². The zero-order valence-electron chi connectivity index (χ0n) is 10.1. The topological polar surface area (TPSA) is 12.9 Å². The number of aromatic nitrogens is 1. The van der Waals surface area contributed by atoms with Crippen molar-refractivity contribution in [3.63, 3.8) is 0 Å². The van der Waals surface area contributed by atoms with Gasteiger partial charge in [-0.1, -0.05) is 18.2 Å². The van der Waals surface area contributed by atoms with Crippen molar-refractivity contribution in [2.75, 3.05) is 0 Å². The van der Waals surface area contributed by atoms with Gasteiger partial charge in [-0.2, -0.15) is 26.3 Å². The van der Waals surface area contributed by atoms with E-state index in [-0.39, 0.29) is 14.8 Å². The first-order chi connectivity index (χ1) is 9.60. The molecule has 0 aliphatic heterocycles. The quantitative estimate of drug-likeness (QED) is 0.448. The zero-order valence-corrected chi connectivity index (χ0v) is 12.2. The fourth-order valence-corrected chi connectivity index (χ4v) is 2.49. The number of rotatable bonds is 1. The van der Waals surface area contributed by atoms with Crippen LogP contribution < -0.4 is 0 Å². The third-order valence-corrected chi connectivity index (χ3v) is 3.48. The monoisotopic (exact) mass is 417 g/mol. The van der Waals surface area contributed by atoms with Gasteiger partial charge in [-0.25, -0.2) is 0 Å². The Balaban J connectivity index is 2.59. The van der Waals surface area contributed by atoms with Crippen molar-refractivity contribution in [2.45, 2.75) is 12.4 Å². The molecule has 2 aromatic rings. The number of pyridine rings is 1. The SMILES string of the molecule is FC(F)(F)c1cnc(-c2ccccc2C(F)(F)F)c(I)c1. The summed E-state index contributed by atoms with van der Waals surface area (Å²) in [5.41, 5.74) is -2.31. The first-order valence-electron chi connectivity index (χ1n) is 5.50. The average Bonchev–Trinajstić information content (AvgIpc) is 2.36. The Morgan fingerprint density at radius 3 is 2.05 bits per heavy atom. The molecule has 0 saturated heterocycles. The second kappa shape index (κ2) is 5.47. The Hall–Kier alpha value is -1.32. The summed E-state index contributed by atoms with van der Waals surface area (Å²) in [5.74, 6) is 0. The third kappa shape index (κ3) is 3.47. The number of halogens is 7. The molecule has 0 radical (unpaired) electrons. The summed E-state index contributed by atoms with van der Waals surface area (Å²) in [7, 11) is 0. The zero-order chi connectivity index (χ0) is 15.8. The number of benzene rings is 1. The lowest BCUT2D eigenvalue weighted by molar-refractivity contribution is -0.138. The van der Waals surface area contributed by atoms with Crippen molar-refractivity contribution >= 4 is 22.6 Å². The minimum absolute atomic E-state index is 0.000810. The summed E-state index contributed by atoms with van der Waals surface area (Å²) in [6.07, 6.45) is -8.66. The van der Waals surface area contributed by atoms with Crippen molar-refractivity contribution in [1.29, 1.82) is 0 Å². The number of hydrogen-bond donors (Lipinski definition) is 0. The minimum Gasteiger partial charge on any atom is -0.254 e. The van der Waals surface area contributed by atoms with Gasteiger partial charge in [0.05, 0.1) is 16.8 Å². The highest BCUT2D eigenvalue weighted by Gasteiger charge is 2.35. The molecule has 1 heterocycles. The van der Waals surface area contributed by atoms with Crippen molar-refractivity contribution in [1.82, 2.24) is 4.98 Å². The molecular weight excluding hydrogens is 411 g/mol. The van der Waals surface area contributed by atoms with Gasteiger partial charge in [-0.05, 0) is 34.7 Å². The molecule has 0 saturated carbocycles. The van der Waals surface area contributed by atoms with Gasteiger partial charge in [-0.15, -0.1) is 0 Å². The summed E-state index contributed by atoms with van der Waals surface area (Å²) in [4.78, 5) is 3.56. The van der Waals surface area contributed by atoms with E-state index in [0.717, 1.165) is 12.1 Å². The van der Waals surface area contributed by atoms with E-state index in [4.69, 9.17) is 0 Å². The van der Waals surface area contributed by atoms with Crippen LogP contribution in [0.1, 0.15) is 11.1 Å². The van der Waals surface area contributed by atoms with E-state index in [1.165, 1.54) is 18.2 Å². The largest absolute Gasteiger partial charge is 0.417 e. The smallest absolute Gasteiger partial charge is 0.254 e. The lowest BCUT2D eigenvalue weighted by atomic mass is 10.0. The Labute approximate surface area is 129 Å². The number of alkyl halides is 6. The molecule has 0 atom stereocenters. The van der Waals surface area contributed by atoms with Crippen molar-refractivity contribution in [3.05, 3.63) is 51.2 Å². The highest BCUT2D eigenvalue weighted by molar-refractivity contribution is 14.1. The summed E-state index contributed by atoms with van der Waals surface area (Å²) in [6.45, 7) is 0. The fraction of sp³-hybridized carbons (Fsp3) is 0.154. The summed E-state index contributed by atoms with van der Waals surface area (Å²) in [5, 5.41) is 0. The molecule has 0 N–H and O–H groups in total. The van der Waals surface area contributed by atoms with E-state index >= 15 is 0 Å². The van der Waals surface area contributed by atoms with Crippen molar-refractivity contribution < 1.29 is 26.3 Å². The molecule has 0 bridgehead atoms. The molecule has 21 heavy (non-hydrogen) atoms. The van der Waals surface area contributed by atoms with Gasteiger partial charge in [0.15, 0.2) is 0 Å². The van der Waals surface area contributed by atoms with Crippen LogP contribution in [0.4, 0.5) is 26.3 Å². The molecule has 0 amide bonds. The standard InChI is InChI=1S/C13H6F6IN/c14-12(15,16)7-5-10(20)11(21-6-7)8-3-1-2-4-9(8)13(17,18)19/h1-6H. The third-order valence-electron chi connectivity index (χ3n) is 2.66. The molecule has 8 heteroatoms. The second-order valence-corrected chi connectivity index (χ2v) is 5.26. The molecule has 0 aliphatic carbocycles. The average molecular weight is 417 g/mol. The van der Waals surface area contributed by atoms with Crippen molar-refractivity contribution in [3.8, 4) is 11.3 Å². The summed E-state index contributed by atoms with van der Waals surface area (Å²) in [6, 6.07) is 5.41. The first kappa shape index (κ1) is 16.1. The maximum Gasteiger partial charge on any atom is 0.417 e. The Kier molecular flexibility index (Phi) is 4.18. The molecule has 0 spiro atoms. The molecule has 0 aliphatic rings. The maximum absolute atomic E-state index is 12.9. The normalized spacial score (nSPS) is 12.5. The van der Waals surface area contributed by atoms with Gasteiger partial charge < -0.3 is 0 Å². The van der Waals surface area contributed by atoms with E-state index < -0.39 is 23.5 Å². The van der Waals surface area contributed by atoms with Gasteiger partial charge in [-0.3, -0.25) is 4.98 Å². The van der Waals surface area contributed by atoms with Gasteiger partial charge in [0.25, 0.3) is 0 Å². The lowest BCUT2D eigenvalue weighted by Gasteiger charge is -2.14. The number of nitrogens with zero attached hydrogens (tertiary/aromatic N) is 1. The van der Waals surface area contributed by atoms with Crippen LogP contribution in [0.15, 0.2) is 36.5 Å². The predicted octanol–water partition coefficient (Wildman–Crippen LogP) is 5.39.